The first-order chi connectivity index (χ1) is 9.83. The Morgan fingerprint density at radius 1 is 1.29 bits per heavy atom. The minimum absolute atomic E-state index is 0.143. The molecule has 1 saturated heterocycles. The zero-order valence-corrected chi connectivity index (χ0v) is 13.9. The summed E-state index contributed by atoms with van der Waals surface area (Å²) >= 11 is 0. The molecule has 1 N–H and O–H groups in total. The van der Waals surface area contributed by atoms with Crippen LogP contribution in [0.25, 0.3) is 0 Å². The molecule has 3 aliphatic rings. The number of fused-ring (bicyclic) bond motifs is 1. The summed E-state index contributed by atoms with van der Waals surface area (Å²) in [5, 5.41) is 3.78. The summed E-state index contributed by atoms with van der Waals surface area (Å²) in [6.45, 7) is 9.83. The molecule has 0 aromatic heterocycles. The van der Waals surface area contributed by atoms with Crippen LogP contribution >= 0.6 is 0 Å². The lowest BCUT2D eigenvalue weighted by atomic mass is 9.81. The first kappa shape index (κ1) is 15.1. The number of likely N-dealkylation sites (tertiary alicyclic amines) is 1. The molecule has 2 saturated carbocycles. The van der Waals surface area contributed by atoms with E-state index in [1.807, 2.05) is 25.7 Å². The summed E-state index contributed by atoms with van der Waals surface area (Å²) in [7, 11) is 0. The Bertz CT molecular complexity index is 388. The van der Waals surface area contributed by atoms with E-state index in [1.54, 1.807) is 0 Å². The van der Waals surface area contributed by atoms with Crippen molar-refractivity contribution < 1.29 is 9.53 Å². The average Bonchev–Trinajstić information content (AvgIpc) is 2.77. The van der Waals surface area contributed by atoms with Crippen molar-refractivity contribution in [2.75, 3.05) is 13.1 Å². The number of hydrogen-bond acceptors (Lipinski definition) is 3. The van der Waals surface area contributed by atoms with E-state index in [9.17, 15) is 4.79 Å². The Labute approximate surface area is 128 Å². The van der Waals surface area contributed by atoms with Gasteiger partial charge in [0.2, 0.25) is 0 Å². The quantitative estimate of drug-likeness (QED) is 0.866. The molecule has 4 heteroatoms. The molecule has 0 spiro atoms. The standard InChI is InChI=1S/C17H30N2O2/c1-11(8-12-6-5-7-12)18-15-13-9-19(10-14(13)15)16(20)21-17(2,3)4/h11-15,18H,5-10H2,1-4H3. The fourth-order valence-electron chi connectivity index (χ4n) is 3.87. The van der Waals surface area contributed by atoms with Crippen LogP contribution in [-0.4, -0.2) is 41.8 Å². The third kappa shape index (κ3) is 3.53. The molecule has 21 heavy (non-hydrogen) atoms. The van der Waals surface area contributed by atoms with Crippen LogP contribution in [0.4, 0.5) is 4.79 Å². The molecule has 3 rings (SSSR count). The normalized spacial score (nSPS) is 33.3. The fraction of sp³-hybridized carbons (Fsp3) is 0.941. The second-order valence-electron chi connectivity index (χ2n) is 8.34. The third-order valence-corrected chi connectivity index (χ3v) is 5.23. The van der Waals surface area contributed by atoms with Crippen molar-refractivity contribution in [1.29, 1.82) is 0 Å². The number of nitrogens with one attached hydrogen (secondary N) is 1. The molecule has 0 aromatic rings. The molecular weight excluding hydrogens is 264 g/mol. The van der Waals surface area contributed by atoms with E-state index < -0.39 is 5.60 Å². The average molecular weight is 294 g/mol. The van der Waals surface area contributed by atoms with Gasteiger partial charge in [-0.3, -0.25) is 0 Å². The number of piperidine rings is 1. The van der Waals surface area contributed by atoms with Crippen LogP contribution in [0.3, 0.4) is 0 Å². The third-order valence-electron chi connectivity index (χ3n) is 5.23. The molecule has 0 radical (unpaired) electrons. The molecule has 1 aliphatic heterocycles. The van der Waals surface area contributed by atoms with Gasteiger partial charge in [0, 0.05) is 25.2 Å². The summed E-state index contributed by atoms with van der Waals surface area (Å²) in [5.41, 5.74) is -0.390. The van der Waals surface area contributed by atoms with Gasteiger partial charge in [-0.05, 0) is 51.9 Å². The molecule has 4 nitrogen and oxygen atoms in total. The van der Waals surface area contributed by atoms with E-state index in [-0.39, 0.29) is 6.09 Å². The second-order valence-corrected chi connectivity index (χ2v) is 8.34. The van der Waals surface area contributed by atoms with Gasteiger partial charge < -0.3 is 15.0 Å². The summed E-state index contributed by atoms with van der Waals surface area (Å²) in [5.74, 6) is 2.27. The zero-order chi connectivity index (χ0) is 15.2. The largest absolute Gasteiger partial charge is 0.444 e. The lowest BCUT2D eigenvalue weighted by Gasteiger charge is -2.29. The first-order valence-electron chi connectivity index (χ1n) is 8.57. The molecule has 0 aromatic carbocycles. The molecule has 3 fully saturated rings. The maximum atomic E-state index is 12.0. The van der Waals surface area contributed by atoms with E-state index in [1.165, 1.54) is 25.7 Å². The van der Waals surface area contributed by atoms with Gasteiger partial charge in [0.15, 0.2) is 0 Å². The monoisotopic (exact) mass is 294 g/mol. The first-order valence-corrected chi connectivity index (χ1v) is 8.57. The minimum atomic E-state index is -0.390. The Morgan fingerprint density at radius 3 is 2.38 bits per heavy atom. The number of carbonyl (C=O) groups excluding carboxylic acids is 1. The van der Waals surface area contributed by atoms with Crippen molar-refractivity contribution in [3.8, 4) is 0 Å². The van der Waals surface area contributed by atoms with Crippen molar-refractivity contribution in [3.63, 3.8) is 0 Å². The number of amides is 1. The summed E-state index contributed by atoms with van der Waals surface area (Å²) < 4.78 is 5.45. The van der Waals surface area contributed by atoms with Gasteiger partial charge in [-0.25, -0.2) is 4.79 Å². The van der Waals surface area contributed by atoms with E-state index in [4.69, 9.17) is 4.74 Å². The van der Waals surface area contributed by atoms with Gasteiger partial charge >= 0.3 is 6.09 Å². The van der Waals surface area contributed by atoms with Gasteiger partial charge in [-0.2, -0.15) is 0 Å². The lowest BCUT2D eigenvalue weighted by Crippen LogP contribution is -2.41. The van der Waals surface area contributed by atoms with Crippen LogP contribution in [0.2, 0.25) is 0 Å². The molecule has 3 atom stereocenters. The predicted molar refractivity (Wildman–Crippen MR) is 83.1 cm³/mol. The minimum Gasteiger partial charge on any atom is -0.444 e. The number of ether oxygens (including phenoxy) is 1. The van der Waals surface area contributed by atoms with Crippen molar-refractivity contribution in [2.24, 2.45) is 17.8 Å². The van der Waals surface area contributed by atoms with Crippen molar-refractivity contribution in [1.82, 2.24) is 10.2 Å². The molecule has 2 aliphatic carbocycles. The topological polar surface area (TPSA) is 41.6 Å². The number of carbonyl (C=O) groups is 1. The van der Waals surface area contributed by atoms with Gasteiger partial charge in [-0.15, -0.1) is 0 Å². The van der Waals surface area contributed by atoms with Crippen LogP contribution in [0.15, 0.2) is 0 Å². The highest BCUT2D eigenvalue weighted by molar-refractivity contribution is 5.69. The summed E-state index contributed by atoms with van der Waals surface area (Å²) in [6, 6.07) is 1.26. The van der Waals surface area contributed by atoms with E-state index >= 15 is 0 Å². The van der Waals surface area contributed by atoms with Crippen LogP contribution in [-0.2, 0) is 4.74 Å². The SMILES string of the molecule is CC(CC1CCC1)NC1C2CN(C(=O)OC(C)(C)C)CC21. The van der Waals surface area contributed by atoms with Gasteiger partial charge in [0.05, 0.1) is 0 Å². The smallest absolute Gasteiger partial charge is 0.410 e. The number of rotatable bonds is 4. The highest BCUT2D eigenvalue weighted by Crippen LogP contribution is 2.46. The molecule has 120 valence electrons. The number of hydrogen-bond donors (Lipinski definition) is 1. The van der Waals surface area contributed by atoms with Gasteiger partial charge in [-0.1, -0.05) is 19.3 Å². The maximum Gasteiger partial charge on any atom is 0.410 e. The highest BCUT2D eigenvalue weighted by atomic mass is 16.6. The van der Waals surface area contributed by atoms with E-state index in [2.05, 4.69) is 12.2 Å². The fourth-order valence-corrected chi connectivity index (χ4v) is 3.87. The summed E-state index contributed by atoms with van der Waals surface area (Å²) in [4.78, 5) is 13.9. The van der Waals surface area contributed by atoms with Crippen LogP contribution in [0.1, 0.15) is 53.4 Å². The van der Waals surface area contributed by atoms with Crippen LogP contribution < -0.4 is 5.32 Å². The van der Waals surface area contributed by atoms with Crippen molar-refractivity contribution >= 4 is 6.09 Å². The van der Waals surface area contributed by atoms with Gasteiger partial charge in [0.1, 0.15) is 5.60 Å². The maximum absolute atomic E-state index is 12.0. The highest BCUT2D eigenvalue weighted by Gasteiger charge is 2.57. The van der Waals surface area contributed by atoms with E-state index in [0.29, 0.717) is 23.9 Å². The van der Waals surface area contributed by atoms with Crippen molar-refractivity contribution in [3.05, 3.63) is 0 Å². The molecule has 0 bridgehead atoms. The Hall–Kier alpha value is -0.770. The Balaban J connectivity index is 1.38. The molecule has 1 heterocycles. The Kier molecular flexibility index (Phi) is 3.93. The lowest BCUT2D eigenvalue weighted by molar-refractivity contribution is 0.0268. The summed E-state index contributed by atoms with van der Waals surface area (Å²) in [6.07, 6.45) is 5.46. The molecule has 1 amide bonds. The van der Waals surface area contributed by atoms with Crippen LogP contribution in [0.5, 0.6) is 0 Å². The van der Waals surface area contributed by atoms with Crippen molar-refractivity contribution in [2.45, 2.75) is 71.1 Å². The van der Waals surface area contributed by atoms with Crippen LogP contribution in [0, 0.1) is 17.8 Å². The Morgan fingerprint density at radius 2 is 1.90 bits per heavy atom. The van der Waals surface area contributed by atoms with E-state index in [0.717, 1.165) is 19.0 Å². The molecular formula is C17H30N2O2. The number of nitrogens with zero attached hydrogens (tertiary/aromatic N) is 1. The van der Waals surface area contributed by atoms with Gasteiger partial charge in [0.25, 0.3) is 0 Å². The second kappa shape index (κ2) is 5.45. The zero-order valence-electron chi connectivity index (χ0n) is 13.9. The molecule has 3 unspecified atom stereocenters. The predicted octanol–water partition coefficient (Wildman–Crippen LogP) is 3.02.